The average molecular weight is 154 g/mol. The molecular weight excluding hydrogens is 144 g/mol. The third kappa shape index (κ3) is 0.514. The topological polar surface area (TPSA) is 86.2 Å². The molecule has 0 saturated heterocycles. The molecule has 0 aliphatic heterocycles. The standard InChI is InChI=1S/C7H10N2O2/c8-4(10)6-1-7(2-6,3-6)5(9)11/h1-3H2,(H2,8,10)(H2,9,11). The van der Waals surface area contributed by atoms with Crippen LogP contribution < -0.4 is 11.5 Å². The molecule has 0 spiro atoms. The van der Waals surface area contributed by atoms with Crippen LogP contribution in [0.4, 0.5) is 0 Å². The van der Waals surface area contributed by atoms with E-state index in [2.05, 4.69) is 0 Å². The zero-order valence-corrected chi connectivity index (χ0v) is 6.09. The van der Waals surface area contributed by atoms with Gasteiger partial charge in [0.25, 0.3) is 0 Å². The first kappa shape index (κ1) is 6.64. The van der Waals surface area contributed by atoms with Gasteiger partial charge in [0.15, 0.2) is 0 Å². The normalized spacial score (nSPS) is 45.5. The van der Waals surface area contributed by atoms with E-state index in [1.807, 2.05) is 0 Å². The second kappa shape index (κ2) is 1.42. The van der Waals surface area contributed by atoms with E-state index in [1.165, 1.54) is 0 Å². The van der Waals surface area contributed by atoms with Crippen LogP contribution in [0.25, 0.3) is 0 Å². The summed E-state index contributed by atoms with van der Waals surface area (Å²) < 4.78 is 0. The Labute approximate surface area is 63.9 Å². The largest absolute Gasteiger partial charge is 0.369 e. The fourth-order valence-electron chi connectivity index (χ4n) is 2.31. The molecule has 3 aliphatic rings. The van der Waals surface area contributed by atoms with Gasteiger partial charge in [-0.05, 0) is 19.3 Å². The first-order valence-corrected chi connectivity index (χ1v) is 3.61. The zero-order chi connectivity index (χ0) is 8.28. The van der Waals surface area contributed by atoms with Gasteiger partial charge in [0, 0.05) is 0 Å². The predicted octanol–water partition coefficient (Wildman–Crippen LogP) is -0.873. The molecule has 60 valence electrons. The van der Waals surface area contributed by atoms with E-state index in [1.54, 1.807) is 0 Å². The molecule has 4 heteroatoms. The van der Waals surface area contributed by atoms with Crippen LogP contribution >= 0.6 is 0 Å². The van der Waals surface area contributed by atoms with Gasteiger partial charge in [-0.2, -0.15) is 0 Å². The number of primary amides is 2. The average Bonchev–Trinajstić information content (AvgIpc) is 1.51. The number of nitrogens with two attached hydrogens (primary N) is 2. The second-order valence-corrected chi connectivity index (χ2v) is 3.82. The molecule has 0 atom stereocenters. The van der Waals surface area contributed by atoms with Gasteiger partial charge in [0.05, 0.1) is 10.8 Å². The first-order valence-electron chi connectivity index (χ1n) is 3.61. The summed E-state index contributed by atoms with van der Waals surface area (Å²) in [5.41, 5.74) is 9.57. The Morgan fingerprint density at radius 2 is 1.18 bits per heavy atom. The Hall–Kier alpha value is -1.06. The lowest BCUT2D eigenvalue weighted by molar-refractivity contribution is -0.204. The van der Waals surface area contributed by atoms with E-state index in [-0.39, 0.29) is 22.6 Å². The van der Waals surface area contributed by atoms with Crippen molar-refractivity contribution in [3.05, 3.63) is 0 Å². The van der Waals surface area contributed by atoms with Crippen LogP contribution in [0.3, 0.4) is 0 Å². The van der Waals surface area contributed by atoms with E-state index in [4.69, 9.17) is 11.5 Å². The molecule has 11 heavy (non-hydrogen) atoms. The maximum absolute atomic E-state index is 10.8. The van der Waals surface area contributed by atoms with Crippen molar-refractivity contribution in [2.45, 2.75) is 19.3 Å². The van der Waals surface area contributed by atoms with Gasteiger partial charge < -0.3 is 11.5 Å². The number of hydrogen-bond acceptors (Lipinski definition) is 2. The summed E-state index contributed by atoms with van der Waals surface area (Å²) in [5.74, 6) is -0.554. The quantitative estimate of drug-likeness (QED) is 0.541. The van der Waals surface area contributed by atoms with Gasteiger partial charge in [-0.1, -0.05) is 0 Å². The molecule has 0 radical (unpaired) electrons. The molecule has 4 N–H and O–H groups in total. The van der Waals surface area contributed by atoms with Crippen LogP contribution in [0.5, 0.6) is 0 Å². The summed E-state index contributed by atoms with van der Waals surface area (Å²) >= 11 is 0. The smallest absolute Gasteiger partial charge is 0.223 e. The van der Waals surface area contributed by atoms with Crippen LogP contribution in [0.2, 0.25) is 0 Å². The monoisotopic (exact) mass is 154 g/mol. The van der Waals surface area contributed by atoms with Crippen molar-refractivity contribution in [1.29, 1.82) is 0 Å². The summed E-state index contributed by atoms with van der Waals surface area (Å²) in [7, 11) is 0. The van der Waals surface area contributed by atoms with Crippen molar-refractivity contribution in [3.8, 4) is 0 Å². The Kier molecular flexibility index (Phi) is 0.855. The highest BCUT2D eigenvalue weighted by Crippen LogP contribution is 2.72. The van der Waals surface area contributed by atoms with Crippen molar-refractivity contribution < 1.29 is 9.59 Å². The number of hydrogen-bond donors (Lipinski definition) is 2. The van der Waals surface area contributed by atoms with Crippen LogP contribution in [0.1, 0.15) is 19.3 Å². The molecule has 4 nitrogen and oxygen atoms in total. The minimum atomic E-state index is -0.352. The van der Waals surface area contributed by atoms with Crippen molar-refractivity contribution in [2.24, 2.45) is 22.3 Å². The summed E-state index contributed by atoms with van der Waals surface area (Å²) in [5, 5.41) is 0. The molecule has 0 aromatic rings. The number of amides is 2. The second-order valence-electron chi connectivity index (χ2n) is 3.82. The highest BCUT2D eigenvalue weighted by atomic mass is 16.2. The molecule has 0 aromatic carbocycles. The van der Waals surface area contributed by atoms with E-state index < -0.39 is 0 Å². The molecule has 0 unspecified atom stereocenters. The van der Waals surface area contributed by atoms with Gasteiger partial charge in [-0.3, -0.25) is 9.59 Å². The van der Waals surface area contributed by atoms with Crippen LogP contribution in [0, 0.1) is 10.8 Å². The Morgan fingerprint density at radius 1 is 0.909 bits per heavy atom. The molecular formula is C7H10N2O2. The van der Waals surface area contributed by atoms with Crippen molar-refractivity contribution in [1.82, 2.24) is 0 Å². The van der Waals surface area contributed by atoms with Crippen molar-refractivity contribution in [2.75, 3.05) is 0 Å². The first-order chi connectivity index (χ1) is 5.01. The molecule has 3 fully saturated rings. The summed E-state index contributed by atoms with van der Waals surface area (Å²) in [6.45, 7) is 0. The fraction of sp³-hybridized carbons (Fsp3) is 0.714. The van der Waals surface area contributed by atoms with Gasteiger partial charge in [-0.15, -0.1) is 0 Å². The van der Waals surface area contributed by atoms with Gasteiger partial charge in [0.2, 0.25) is 11.8 Å². The van der Waals surface area contributed by atoms with Gasteiger partial charge >= 0.3 is 0 Å². The van der Waals surface area contributed by atoms with Crippen LogP contribution in [-0.4, -0.2) is 11.8 Å². The highest BCUT2D eigenvalue weighted by Gasteiger charge is 2.73. The minimum Gasteiger partial charge on any atom is -0.369 e. The minimum absolute atomic E-state index is 0.277. The van der Waals surface area contributed by atoms with E-state index >= 15 is 0 Å². The van der Waals surface area contributed by atoms with Gasteiger partial charge in [0.1, 0.15) is 0 Å². The van der Waals surface area contributed by atoms with Crippen molar-refractivity contribution in [3.63, 3.8) is 0 Å². The molecule has 0 aromatic heterocycles. The molecule has 0 heterocycles. The number of carbonyl (C=O) groups excluding carboxylic acids is 2. The third-order valence-electron chi connectivity index (χ3n) is 3.08. The molecule has 3 rings (SSSR count). The summed E-state index contributed by atoms with van der Waals surface area (Å²) in [4.78, 5) is 21.6. The predicted molar refractivity (Wildman–Crippen MR) is 37.1 cm³/mol. The Balaban J connectivity index is 2.10. The molecule has 3 aliphatic carbocycles. The lowest BCUT2D eigenvalue weighted by Crippen LogP contribution is -2.71. The maximum Gasteiger partial charge on any atom is 0.223 e. The maximum atomic E-state index is 10.8. The van der Waals surface area contributed by atoms with E-state index in [9.17, 15) is 9.59 Å². The molecule has 2 amide bonds. The SMILES string of the molecule is NC(=O)C12CC(C(N)=O)(C1)C2. The Bertz CT molecular complexity index is 215. The van der Waals surface area contributed by atoms with Gasteiger partial charge in [-0.25, -0.2) is 0 Å². The lowest BCUT2D eigenvalue weighted by Gasteiger charge is -2.66. The summed E-state index contributed by atoms with van der Waals surface area (Å²) in [6.07, 6.45) is 1.76. The molecule has 2 bridgehead atoms. The number of rotatable bonds is 2. The highest BCUT2D eigenvalue weighted by molar-refractivity contribution is 5.94. The lowest BCUT2D eigenvalue weighted by atomic mass is 9.34. The Morgan fingerprint density at radius 3 is 1.36 bits per heavy atom. The van der Waals surface area contributed by atoms with E-state index in [0.717, 1.165) is 0 Å². The van der Waals surface area contributed by atoms with E-state index in [0.29, 0.717) is 19.3 Å². The zero-order valence-electron chi connectivity index (χ0n) is 6.09. The fourth-order valence-corrected chi connectivity index (χ4v) is 2.31. The number of carbonyl (C=O) groups is 2. The van der Waals surface area contributed by atoms with Crippen LogP contribution in [-0.2, 0) is 9.59 Å². The van der Waals surface area contributed by atoms with Crippen LogP contribution in [0.15, 0.2) is 0 Å². The third-order valence-corrected chi connectivity index (χ3v) is 3.08. The molecule has 3 saturated carbocycles. The summed E-state index contributed by atoms with van der Waals surface area (Å²) in [6, 6.07) is 0. The van der Waals surface area contributed by atoms with Crippen molar-refractivity contribution >= 4 is 11.8 Å².